The first-order valence-electron chi connectivity index (χ1n) is 6.98. The van der Waals surface area contributed by atoms with Crippen LogP contribution in [0, 0.1) is 13.8 Å². The van der Waals surface area contributed by atoms with Gasteiger partial charge in [0.2, 0.25) is 5.91 Å². The first-order chi connectivity index (χ1) is 11.5. The third-order valence-electron chi connectivity index (χ3n) is 3.45. The molecule has 124 valence electrons. The number of nitrogens with one attached hydrogen (secondary N) is 1. The van der Waals surface area contributed by atoms with E-state index in [1.165, 1.54) is 34.3 Å². The summed E-state index contributed by atoms with van der Waals surface area (Å²) in [5.74, 6) is -0.571. The Kier molecular flexibility index (Phi) is 4.83. The van der Waals surface area contributed by atoms with Crippen molar-refractivity contribution < 1.29 is 9.59 Å². The molecule has 3 N–H and O–H groups in total. The molecule has 3 aromatic rings. The third kappa shape index (κ3) is 3.28. The van der Waals surface area contributed by atoms with Crippen LogP contribution < -0.4 is 11.1 Å². The fourth-order valence-corrected chi connectivity index (χ4v) is 4.88. The van der Waals surface area contributed by atoms with Gasteiger partial charge in [-0.1, -0.05) is 11.8 Å². The molecule has 0 aliphatic carbocycles. The number of thioether (sulfide) groups is 1. The van der Waals surface area contributed by atoms with E-state index >= 15 is 0 Å². The Bertz CT molecular complexity index is 932. The Balaban J connectivity index is 1.73. The number of nitrogens with zero attached hydrogens (tertiary/aromatic N) is 2. The summed E-state index contributed by atoms with van der Waals surface area (Å²) in [6.07, 6.45) is 1.52. The van der Waals surface area contributed by atoms with E-state index in [4.69, 9.17) is 5.73 Å². The number of primary amides is 1. The quantitative estimate of drug-likeness (QED) is 0.525. The summed E-state index contributed by atoms with van der Waals surface area (Å²) >= 11 is 4.25. The van der Waals surface area contributed by atoms with E-state index in [1.807, 2.05) is 13.8 Å². The fraction of sp³-hybridized carbons (Fsp3) is 0.200. The zero-order valence-electron chi connectivity index (χ0n) is 13.0. The number of carbonyl (C=O) groups excluding carboxylic acids is 2. The first kappa shape index (κ1) is 16.9. The van der Waals surface area contributed by atoms with Gasteiger partial charge in [-0.25, -0.2) is 9.97 Å². The zero-order chi connectivity index (χ0) is 17.3. The molecule has 3 rings (SSSR count). The van der Waals surface area contributed by atoms with Gasteiger partial charge in [0.15, 0.2) is 0 Å². The minimum Gasteiger partial charge on any atom is -0.366 e. The monoisotopic (exact) mass is 378 g/mol. The van der Waals surface area contributed by atoms with Gasteiger partial charge in [0.25, 0.3) is 5.91 Å². The van der Waals surface area contributed by atoms with E-state index in [9.17, 15) is 9.59 Å². The number of amides is 2. The third-order valence-corrected chi connectivity index (χ3v) is 6.39. The molecule has 0 aliphatic heterocycles. The van der Waals surface area contributed by atoms with E-state index in [0.717, 1.165) is 20.8 Å². The molecule has 3 heterocycles. The van der Waals surface area contributed by atoms with Gasteiger partial charge in [-0.2, -0.15) is 0 Å². The number of anilines is 1. The number of aromatic nitrogens is 2. The largest absolute Gasteiger partial charge is 0.366 e. The molecule has 0 unspecified atom stereocenters. The highest BCUT2D eigenvalue weighted by molar-refractivity contribution is 8.00. The average Bonchev–Trinajstić information content (AvgIpc) is 3.11. The van der Waals surface area contributed by atoms with Crippen molar-refractivity contribution in [3.8, 4) is 0 Å². The summed E-state index contributed by atoms with van der Waals surface area (Å²) in [6.45, 7) is 4.08. The summed E-state index contributed by atoms with van der Waals surface area (Å²) < 4.78 is 0. The maximum absolute atomic E-state index is 12.2. The van der Waals surface area contributed by atoms with Crippen molar-refractivity contribution >= 4 is 61.5 Å². The molecule has 0 bridgehead atoms. The molecular formula is C15H14N4O2S3. The van der Waals surface area contributed by atoms with Gasteiger partial charge in [0.05, 0.1) is 11.3 Å². The zero-order valence-corrected chi connectivity index (χ0v) is 15.4. The van der Waals surface area contributed by atoms with Gasteiger partial charge >= 0.3 is 0 Å². The van der Waals surface area contributed by atoms with Gasteiger partial charge in [-0.3, -0.25) is 9.59 Å². The SMILES string of the molecule is Cc1sc2ncnc(SCC(=O)Nc3sccc3C(N)=O)c2c1C. The Morgan fingerprint density at radius 1 is 1.33 bits per heavy atom. The smallest absolute Gasteiger partial charge is 0.251 e. The van der Waals surface area contributed by atoms with Crippen LogP contribution in [0.4, 0.5) is 5.00 Å². The van der Waals surface area contributed by atoms with Gasteiger partial charge in [-0.15, -0.1) is 22.7 Å². The van der Waals surface area contributed by atoms with Gasteiger partial charge in [0.1, 0.15) is 21.2 Å². The maximum Gasteiger partial charge on any atom is 0.251 e. The van der Waals surface area contributed by atoms with Crippen molar-refractivity contribution in [1.29, 1.82) is 0 Å². The van der Waals surface area contributed by atoms with Crippen molar-refractivity contribution in [3.63, 3.8) is 0 Å². The maximum atomic E-state index is 12.2. The number of nitrogens with two attached hydrogens (primary N) is 1. The van der Waals surface area contributed by atoms with Crippen LogP contribution in [0.3, 0.4) is 0 Å². The predicted molar refractivity (Wildman–Crippen MR) is 99.1 cm³/mol. The molecule has 24 heavy (non-hydrogen) atoms. The number of aryl methyl sites for hydroxylation is 2. The van der Waals surface area contributed by atoms with Crippen LogP contribution in [-0.2, 0) is 4.79 Å². The Labute approximate surface area is 150 Å². The highest BCUT2D eigenvalue weighted by Gasteiger charge is 2.15. The van der Waals surface area contributed by atoms with E-state index in [2.05, 4.69) is 15.3 Å². The first-order valence-corrected chi connectivity index (χ1v) is 9.66. The van der Waals surface area contributed by atoms with Crippen LogP contribution in [0.5, 0.6) is 0 Å². The molecule has 0 aliphatic rings. The van der Waals surface area contributed by atoms with E-state index in [0.29, 0.717) is 10.6 Å². The highest BCUT2D eigenvalue weighted by Crippen LogP contribution is 2.34. The van der Waals surface area contributed by atoms with Gasteiger partial charge in [0, 0.05) is 10.3 Å². The lowest BCUT2D eigenvalue weighted by molar-refractivity contribution is -0.113. The van der Waals surface area contributed by atoms with Crippen molar-refractivity contribution in [2.75, 3.05) is 11.1 Å². The second-order valence-corrected chi connectivity index (χ2v) is 8.09. The molecule has 2 amide bonds. The molecule has 0 aromatic carbocycles. The van der Waals surface area contributed by atoms with Crippen LogP contribution in [0.15, 0.2) is 22.8 Å². The molecular weight excluding hydrogens is 364 g/mol. The van der Waals surface area contributed by atoms with E-state index in [1.54, 1.807) is 22.8 Å². The Hall–Kier alpha value is -1.97. The lowest BCUT2D eigenvalue weighted by atomic mass is 10.2. The van der Waals surface area contributed by atoms with Crippen LogP contribution >= 0.6 is 34.4 Å². The fourth-order valence-electron chi connectivity index (χ4n) is 2.16. The highest BCUT2D eigenvalue weighted by atomic mass is 32.2. The molecule has 0 saturated heterocycles. The molecule has 6 nitrogen and oxygen atoms in total. The number of hydrogen-bond acceptors (Lipinski definition) is 7. The lowest BCUT2D eigenvalue weighted by Gasteiger charge is -2.05. The topological polar surface area (TPSA) is 98.0 Å². The minimum atomic E-state index is -0.555. The number of rotatable bonds is 5. The van der Waals surface area contributed by atoms with Crippen molar-refractivity contribution in [3.05, 3.63) is 33.8 Å². The summed E-state index contributed by atoms with van der Waals surface area (Å²) in [4.78, 5) is 34.2. The Morgan fingerprint density at radius 2 is 2.12 bits per heavy atom. The summed E-state index contributed by atoms with van der Waals surface area (Å²) in [7, 11) is 0. The number of fused-ring (bicyclic) bond motifs is 1. The average molecular weight is 379 g/mol. The summed E-state index contributed by atoms with van der Waals surface area (Å²) in [5, 5.41) is 6.72. The van der Waals surface area contributed by atoms with Crippen molar-refractivity contribution in [1.82, 2.24) is 9.97 Å². The standard InChI is InChI=1S/C15H14N4O2S3/c1-7-8(2)24-15-11(7)14(17-6-18-15)23-5-10(20)19-13-9(12(16)21)3-4-22-13/h3-4,6H,5H2,1-2H3,(H2,16,21)(H,19,20). The van der Waals surface area contributed by atoms with Crippen molar-refractivity contribution in [2.24, 2.45) is 5.73 Å². The van der Waals surface area contributed by atoms with Crippen LogP contribution in [0.1, 0.15) is 20.8 Å². The van der Waals surface area contributed by atoms with E-state index < -0.39 is 5.91 Å². The molecule has 0 spiro atoms. The molecule has 0 fully saturated rings. The van der Waals surface area contributed by atoms with Crippen LogP contribution in [-0.4, -0.2) is 27.5 Å². The molecule has 0 atom stereocenters. The second kappa shape index (κ2) is 6.88. The van der Waals surface area contributed by atoms with Gasteiger partial charge < -0.3 is 11.1 Å². The molecule has 0 saturated carbocycles. The molecule has 9 heteroatoms. The summed E-state index contributed by atoms with van der Waals surface area (Å²) in [5.41, 5.74) is 6.75. The van der Waals surface area contributed by atoms with Gasteiger partial charge in [-0.05, 0) is 30.9 Å². The number of thiophene rings is 2. The molecule has 0 radical (unpaired) electrons. The van der Waals surface area contributed by atoms with Crippen LogP contribution in [0.2, 0.25) is 0 Å². The predicted octanol–water partition coefficient (Wildman–Crippen LogP) is 3.20. The van der Waals surface area contributed by atoms with Crippen molar-refractivity contribution in [2.45, 2.75) is 18.9 Å². The lowest BCUT2D eigenvalue weighted by Crippen LogP contribution is -2.17. The molecule has 3 aromatic heterocycles. The minimum absolute atomic E-state index is 0.191. The summed E-state index contributed by atoms with van der Waals surface area (Å²) in [6, 6.07) is 1.60. The normalized spacial score (nSPS) is 10.9. The second-order valence-electron chi connectivity index (χ2n) is 5.01. The number of carbonyl (C=O) groups is 2. The number of hydrogen-bond donors (Lipinski definition) is 2. The van der Waals surface area contributed by atoms with E-state index in [-0.39, 0.29) is 11.7 Å². The van der Waals surface area contributed by atoms with Crippen LogP contribution in [0.25, 0.3) is 10.2 Å². The Morgan fingerprint density at radius 3 is 2.88 bits per heavy atom.